The maximum absolute atomic E-state index is 6.98. The van der Waals surface area contributed by atoms with E-state index in [0.717, 1.165) is 78.0 Å². The van der Waals surface area contributed by atoms with Gasteiger partial charge in [-0.1, -0.05) is 202 Å². The van der Waals surface area contributed by atoms with Crippen LogP contribution in [0.2, 0.25) is 0 Å². The fraction of sp³-hybridized carbons (Fsp3) is 0.147. The van der Waals surface area contributed by atoms with E-state index in [9.17, 15) is 0 Å². The summed E-state index contributed by atoms with van der Waals surface area (Å²) in [5, 5.41) is 6.81. The second-order valence-electron chi connectivity index (χ2n) is 22.4. The number of rotatable bonds is 10. The summed E-state index contributed by atoms with van der Waals surface area (Å²) in [5.74, 6) is 1.21. The molecule has 11 aromatic carbocycles. The van der Waals surface area contributed by atoms with E-state index in [2.05, 4.69) is 252 Å². The molecule has 3 aliphatic carbocycles. The van der Waals surface area contributed by atoms with E-state index in [1.807, 2.05) is 0 Å². The van der Waals surface area contributed by atoms with Crippen molar-refractivity contribution in [1.82, 2.24) is 0 Å². The van der Waals surface area contributed by atoms with Crippen molar-refractivity contribution in [2.24, 2.45) is 0 Å². The molecule has 0 atom stereocenters. The number of nitrogens with zero attached hydrogens (tertiary/aromatic N) is 2. The molecule has 2 fully saturated rings. The van der Waals surface area contributed by atoms with Gasteiger partial charge in [0, 0.05) is 44.0 Å². The van der Waals surface area contributed by atoms with Crippen LogP contribution < -0.4 is 9.80 Å². The molecule has 4 nitrogen and oxygen atoms in total. The Labute approximate surface area is 460 Å². The van der Waals surface area contributed by atoms with Gasteiger partial charge in [-0.25, -0.2) is 0 Å². The second kappa shape index (κ2) is 18.5. The van der Waals surface area contributed by atoms with Crippen molar-refractivity contribution >= 4 is 88.8 Å². The first kappa shape index (κ1) is 46.0. The van der Waals surface area contributed by atoms with E-state index in [1.54, 1.807) is 0 Å². The summed E-state index contributed by atoms with van der Waals surface area (Å²) in [6, 6.07) is 90.5. The number of hydrogen-bond acceptors (Lipinski definition) is 4. The smallest absolute Gasteiger partial charge is 0.159 e. The average molecular weight is 1020 g/mol. The summed E-state index contributed by atoms with van der Waals surface area (Å²) >= 11 is 0. The Morgan fingerprint density at radius 2 is 0.772 bits per heavy atom. The van der Waals surface area contributed by atoms with Crippen LogP contribution in [0.1, 0.15) is 96.6 Å². The molecule has 0 unspecified atom stereocenters. The molecule has 4 heteroatoms. The second-order valence-corrected chi connectivity index (χ2v) is 22.4. The Kier molecular flexibility index (Phi) is 10.8. The number of hydrogen-bond donors (Lipinski definition) is 0. The van der Waals surface area contributed by atoms with E-state index in [-0.39, 0.29) is 0 Å². The van der Waals surface area contributed by atoms with Crippen LogP contribution in [0, 0.1) is 0 Å². The molecular weight excluding hydrogens is 961 g/mol. The lowest BCUT2D eigenvalue weighted by Crippen LogP contribution is -2.29. The standard InChI is InChI=1S/C75H58N2O2/c1-3-23-53(24-4-1)75(54-25-5-2-6-26-54)65-47-57(76(55-41-37-51(38-42-55)49-19-7-8-20-49)67-33-17-31-62-59-28-13-15-35-70(59)78-73(62)67)45-46-64(65)72-61-30-12-11-27-58(61)69(48-66(72)75)77(56-43-39-52(40-44-56)50-21-9-10-22-50)68-34-18-32-63-60-29-14-16-36-71(60)79-74(63)68/h1-6,11-18,23-50H,7-10,19-22H2. The molecule has 2 aromatic heterocycles. The first-order chi connectivity index (χ1) is 39.2. The van der Waals surface area contributed by atoms with Gasteiger partial charge in [0.05, 0.1) is 22.5 Å². The maximum Gasteiger partial charge on any atom is 0.159 e. The molecular formula is C75H58N2O2. The van der Waals surface area contributed by atoms with Crippen LogP contribution >= 0.6 is 0 Å². The summed E-state index contributed by atoms with van der Waals surface area (Å²) in [5.41, 5.74) is 19.3. The zero-order valence-electron chi connectivity index (χ0n) is 44.1. The van der Waals surface area contributed by atoms with Crippen molar-refractivity contribution in [3.05, 3.63) is 276 Å². The highest BCUT2D eigenvalue weighted by Crippen LogP contribution is 2.61. The molecule has 0 amide bonds. The van der Waals surface area contributed by atoms with Gasteiger partial charge in [0.1, 0.15) is 11.2 Å². The first-order valence-corrected chi connectivity index (χ1v) is 28.6. The summed E-state index contributed by atoms with van der Waals surface area (Å²) in [6.45, 7) is 0. The van der Waals surface area contributed by atoms with Gasteiger partial charge in [-0.15, -0.1) is 0 Å². The summed E-state index contributed by atoms with van der Waals surface area (Å²) in [6.07, 6.45) is 10.2. The first-order valence-electron chi connectivity index (χ1n) is 28.6. The Morgan fingerprint density at radius 3 is 1.32 bits per heavy atom. The highest BCUT2D eigenvalue weighted by molar-refractivity contribution is 6.15. The molecule has 3 aliphatic rings. The van der Waals surface area contributed by atoms with Gasteiger partial charge in [-0.05, 0) is 154 Å². The molecule has 380 valence electrons. The van der Waals surface area contributed by atoms with Crippen molar-refractivity contribution in [2.75, 3.05) is 9.80 Å². The van der Waals surface area contributed by atoms with Crippen LogP contribution in [0.15, 0.2) is 251 Å². The number of furan rings is 2. The Bertz CT molecular complexity index is 4410. The van der Waals surface area contributed by atoms with Crippen LogP contribution in [0.4, 0.5) is 34.1 Å². The van der Waals surface area contributed by atoms with Crippen molar-refractivity contribution < 1.29 is 8.83 Å². The van der Waals surface area contributed by atoms with Crippen LogP contribution in [0.25, 0.3) is 65.8 Å². The Balaban J connectivity index is 0.977. The van der Waals surface area contributed by atoms with Crippen molar-refractivity contribution in [1.29, 1.82) is 0 Å². The van der Waals surface area contributed by atoms with Crippen molar-refractivity contribution in [3.63, 3.8) is 0 Å². The lowest BCUT2D eigenvalue weighted by atomic mass is 9.67. The fourth-order valence-corrected chi connectivity index (χ4v) is 14.6. The third-order valence-corrected chi connectivity index (χ3v) is 18.2. The lowest BCUT2D eigenvalue weighted by Gasteiger charge is -2.36. The SMILES string of the molecule is c1ccc(C2(c3ccccc3)c3cc(N(c4ccc(C5CCCC5)cc4)c4cccc5c4oc4ccccc45)ccc3-c3c2cc(N(c2ccc(C4CCCC4)cc2)c2cccc4c2oc2ccccc24)c2ccccc32)cc1. The van der Waals surface area contributed by atoms with Gasteiger partial charge in [-0.2, -0.15) is 0 Å². The number of benzene rings is 11. The van der Waals surface area contributed by atoms with Gasteiger partial charge in [0.2, 0.25) is 0 Å². The third kappa shape index (κ3) is 7.20. The zero-order chi connectivity index (χ0) is 52.0. The molecule has 0 saturated heterocycles. The fourth-order valence-electron chi connectivity index (χ4n) is 14.6. The van der Waals surface area contributed by atoms with E-state index in [4.69, 9.17) is 8.83 Å². The quantitative estimate of drug-likeness (QED) is 0.137. The van der Waals surface area contributed by atoms with E-state index in [1.165, 1.54) is 107 Å². The van der Waals surface area contributed by atoms with Crippen LogP contribution in [0.5, 0.6) is 0 Å². The highest BCUT2D eigenvalue weighted by atomic mass is 16.3. The Morgan fingerprint density at radius 1 is 0.329 bits per heavy atom. The minimum atomic E-state index is -0.755. The predicted molar refractivity (Wildman–Crippen MR) is 328 cm³/mol. The molecule has 0 spiro atoms. The summed E-state index contributed by atoms with van der Waals surface area (Å²) in [4.78, 5) is 4.94. The molecule has 2 heterocycles. The van der Waals surface area contributed by atoms with Crippen LogP contribution in [0.3, 0.4) is 0 Å². The van der Waals surface area contributed by atoms with Crippen molar-refractivity contribution in [2.45, 2.75) is 68.6 Å². The zero-order valence-corrected chi connectivity index (χ0v) is 44.1. The molecule has 2 saturated carbocycles. The monoisotopic (exact) mass is 1020 g/mol. The number of para-hydroxylation sites is 4. The number of fused-ring (bicyclic) bond motifs is 11. The minimum Gasteiger partial charge on any atom is -0.454 e. The topological polar surface area (TPSA) is 32.8 Å². The van der Waals surface area contributed by atoms with Gasteiger partial charge in [0.15, 0.2) is 11.2 Å². The molecule has 0 N–H and O–H groups in total. The largest absolute Gasteiger partial charge is 0.454 e. The summed E-state index contributed by atoms with van der Waals surface area (Å²) < 4.78 is 13.9. The average Bonchev–Trinajstić information content (AvgIpc) is 3.05. The molecule has 79 heavy (non-hydrogen) atoms. The van der Waals surface area contributed by atoms with E-state index < -0.39 is 5.41 Å². The maximum atomic E-state index is 6.98. The van der Waals surface area contributed by atoms with Crippen LogP contribution in [-0.4, -0.2) is 0 Å². The Hall–Kier alpha value is -9.12. The molecule has 16 rings (SSSR count). The van der Waals surface area contributed by atoms with E-state index >= 15 is 0 Å². The van der Waals surface area contributed by atoms with Gasteiger partial charge >= 0.3 is 0 Å². The van der Waals surface area contributed by atoms with E-state index in [0.29, 0.717) is 11.8 Å². The lowest BCUT2D eigenvalue weighted by molar-refractivity contribution is 0.668. The molecule has 0 aliphatic heterocycles. The summed E-state index contributed by atoms with van der Waals surface area (Å²) in [7, 11) is 0. The molecule has 0 radical (unpaired) electrons. The minimum absolute atomic E-state index is 0.599. The predicted octanol–water partition coefficient (Wildman–Crippen LogP) is 21.3. The molecule has 0 bridgehead atoms. The molecule has 13 aromatic rings. The van der Waals surface area contributed by atoms with Gasteiger partial charge < -0.3 is 18.6 Å². The van der Waals surface area contributed by atoms with Crippen LogP contribution in [-0.2, 0) is 5.41 Å². The number of anilines is 6. The third-order valence-electron chi connectivity index (χ3n) is 18.2. The van der Waals surface area contributed by atoms with Gasteiger partial charge in [0.25, 0.3) is 0 Å². The van der Waals surface area contributed by atoms with Gasteiger partial charge in [-0.3, -0.25) is 0 Å². The highest BCUT2D eigenvalue weighted by Gasteiger charge is 2.48. The normalized spacial score (nSPS) is 15.2. The van der Waals surface area contributed by atoms with Crippen molar-refractivity contribution in [3.8, 4) is 11.1 Å².